The minimum Gasteiger partial charge on any atom is -0.488 e. The molecule has 0 aliphatic carbocycles. The number of hydrogen-bond donors (Lipinski definition) is 0. The van der Waals surface area contributed by atoms with Gasteiger partial charge in [-0.3, -0.25) is 0 Å². The van der Waals surface area contributed by atoms with E-state index < -0.39 is 0 Å². The molecule has 0 radical (unpaired) electrons. The molecule has 1 unspecified atom stereocenters. The Hall–Kier alpha value is -1.75. The first-order valence-electron chi connectivity index (χ1n) is 8.15. The van der Waals surface area contributed by atoms with Crippen LogP contribution in [0.4, 0.5) is 0 Å². The number of halogens is 2. The van der Waals surface area contributed by atoms with E-state index in [0.717, 1.165) is 36.4 Å². The first kappa shape index (κ1) is 18.1. The van der Waals surface area contributed by atoms with E-state index in [0.29, 0.717) is 16.7 Å². The maximum atomic E-state index is 6.19. The highest BCUT2D eigenvalue weighted by atomic mass is 35.5. The van der Waals surface area contributed by atoms with Crippen molar-refractivity contribution in [2.45, 2.75) is 19.1 Å². The van der Waals surface area contributed by atoms with Gasteiger partial charge < -0.3 is 14.5 Å². The van der Waals surface area contributed by atoms with Gasteiger partial charge in [-0.05, 0) is 31.3 Å². The van der Waals surface area contributed by atoms with E-state index in [4.69, 9.17) is 32.8 Å². The van der Waals surface area contributed by atoms with Gasteiger partial charge in [-0.15, -0.1) is 0 Å². The van der Waals surface area contributed by atoms with Crippen LogP contribution in [0.25, 0.3) is 0 Å². The van der Waals surface area contributed by atoms with Crippen molar-refractivity contribution in [2.24, 2.45) is 5.16 Å². The number of nitrogens with zero attached hydrogens (tertiary/aromatic N) is 2. The Morgan fingerprint density at radius 1 is 1.24 bits per heavy atom. The van der Waals surface area contributed by atoms with Crippen LogP contribution in [0.5, 0.6) is 5.75 Å². The molecular weight excluding hydrogens is 359 g/mol. The molecule has 1 heterocycles. The normalized spacial score (nSPS) is 18.0. The quantitative estimate of drug-likeness (QED) is 0.542. The summed E-state index contributed by atoms with van der Waals surface area (Å²) in [4.78, 5) is 7.79. The maximum Gasteiger partial charge on any atom is 0.141 e. The van der Waals surface area contributed by atoms with E-state index in [1.54, 1.807) is 18.3 Å². The molecule has 0 spiro atoms. The number of ether oxygens (including phenoxy) is 1. The number of rotatable bonds is 6. The number of hydrogen-bond acceptors (Lipinski definition) is 4. The second kappa shape index (κ2) is 8.56. The molecular formula is C19H20Cl2N2O2. The summed E-state index contributed by atoms with van der Waals surface area (Å²) < 4.78 is 5.90. The number of likely N-dealkylation sites (N-methyl/N-ethyl adjacent to an activating group) is 1. The minimum atomic E-state index is 0.155. The van der Waals surface area contributed by atoms with Gasteiger partial charge >= 0.3 is 0 Å². The summed E-state index contributed by atoms with van der Waals surface area (Å²) in [6.07, 6.45) is 2.85. The Labute approximate surface area is 157 Å². The molecule has 1 aliphatic rings. The Morgan fingerprint density at radius 3 is 2.84 bits per heavy atom. The molecule has 6 heteroatoms. The molecule has 2 aromatic rings. The van der Waals surface area contributed by atoms with Crippen LogP contribution in [0.15, 0.2) is 47.6 Å². The van der Waals surface area contributed by atoms with Crippen molar-refractivity contribution in [3.8, 4) is 5.75 Å². The highest BCUT2D eigenvalue weighted by molar-refractivity contribution is 6.35. The van der Waals surface area contributed by atoms with Crippen LogP contribution >= 0.6 is 23.2 Å². The largest absolute Gasteiger partial charge is 0.488 e. The third-order valence-corrected chi connectivity index (χ3v) is 4.65. The van der Waals surface area contributed by atoms with Gasteiger partial charge in [0.05, 0.1) is 6.21 Å². The van der Waals surface area contributed by atoms with Gasteiger partial charge in [-0.25, -0.2) is 0 Å². The third kappa shape index (κ3) is 5.11. The number of benzene rings is 2. The van der Waals surface area contributed by atoms with Crippen molar-refractivity contribution < 1.29 is 9.57 Å². The maximum absolute atomic E-state index is 6.19. The molecule has 4 nitrogen and oxygen atoms in total. The average molecular weight is 379 g/mol. The van der Waals surface area contributed by atoms with Crippen molar-refractivity contribution in [3.63, 3.8) is 0 Å². The molecule has 0 aromatic heterocycles. The van der Waals surface area contributed by atoms with Crippen LogP contribution in [0, 0.1) is 0 Å². The van der Waals surface area contributed by atoms with Gasteiger partial charge in [0.15, 0.2) is 0 Å². The van der Waals surface area contributed by atoms with Crippen LogP contribution in [-0.2, 0) is 11.4 Å². The van der Waals surface area contributed by atoms with Crippen molar-refractivity contribution >= 4 is 29.4 Å². The summed E-state index contributed by atoms with van der Waals surface area (Å²) in [5, 5.41) is 5.33. The molecule has 1 saturated heterocycles. The predicted octanol–water partition coefficient (Wildman–Crippen LogP) is 4.63. The van der Waals surface area contributed by atoms with Gasteiger partial charge in [-0.1, -0.05) is 46.6 Å². The SMILES string of the molecule is CN1CCC(O/N=C/c2ccccc2OCc2ccc(Cl)cc2Cl)C1. The van der Waals surface area contributed by atoms with E-state index in [9.17, 15) is 0 Å². The summed E-state index contributed by atoms with van der Waals surface area (Å²) in [5.74, 6) is 0.726. The molecule has 2 aromatic carbocycles. The Morgan fingerprint density at radius 2 is 2.08 bits per heavy atom. The lowest BCUT2D eigenvalue weighted by Crippen LogP contribution is -2.17. The summed E-state index contributed by atoms with van der Waals surface area (Å²) in [6, 6.07) is 13.1. The standard InChI is InChI=1S/C19H20Cl2N2O2/c1-23-9-8-17(12-23)25-22-11-14-4-2-3-5-19(14)24-13-15-6-7-16(20)10-18(15)21/h2-7,10-11,17H,8-9,12-13H2,1H3/b22-11+. The Bertz CT molecular complexity index is 752. The van der Waals surface area contributed by atoms with Crippen LogP contribution in [0.3, 0.4) is 0 Å². The van der Waals surface area contributed by atoms with Gasteiger partial charge in [0.2, 0.25) is 0 Å². The molecule has 132 valence electrons. The van der Waals surface area contributed by atoms with Crippen LogP contribution in [0.2, 0.25) is 10.0 Å². The zero-order valence-electron chi connectivity index (χ0n) is 14.0. The summed E-state index contributed by atoms with van der Waals surface area (Å²) in [6.45, 7) is 2.31. The van der Waals surface area contributed by atoms with Gasteiger partial charge in [0.1, 0.15) is 18.5 Å². The molecule has 0 saturated carbocycles. The fraction of sp³-hybridized carbons (Fsp3) is 0.316. The fourth-order valence-corrected chi connectivity index (χ4v) is 3.13. The van der Waals surface area contributed by atoms with E-state index in [1.165, 1.54) is 0 Å². The van der Waals surface area contributed by atoms with E-state index in [1.807, 2.05) is 30.3 Å². The number of oxime groups is 1. The van der Waals surface area contributed by atoms with Gasteiger partial charge in [0.25, 0.3) is 0 Å². The monoisotopic (exact) mass is 378 g/mol. The second-order valence-corrected chi connectivity index (χ2v) is 6.92. The number of para-hydroxylation sites is 1. The van der Waals surface area contributed by atoms with Crippen molar-refractivity contribution in [3.05, 3.63) is 63.6 Å². The van der Waals surface area contributed by atoms with E-state index in [-0.39, 0.29) is 6.10 Å². The summed E-state index contributed by atoms with van der Waals surface area (Å²) in [7, 11) is 2.08. The molecule has 1 atom stereocenters. The average Bonchev–Trinajstić information content (AvgIpc) is 3.00. The topological polar surface area (TPSA) is 34.1 Å². The zero-order valence-corrected chi connectivity index (χ0v) is 15.5. The highest BCUT2D eigenvalue weighted by Gasteiger charge is 2.20. The smallest absolute Gasteiger partial charge is 0.141 e. The van der Waals surface area contributed by atoms with E-state index >= 15 is 0 Å². The summed E-state index contributed by atoms with van der Waals surface area (Å²) in [5.41, 5.74) is 1.74. The third-order valence-electron chi connectivity index (χ3n) is 4.07. The predicted molar refractivity (Wildman–Crippen MR) is 102 cm³/mol. The lowest BCUT2D eigenvalue weighted by atomic mass is 10.2. The molecule has 0 amide bonds. The van der Waals surface area contributed by atoms with Crippen molar-refractivity contribution in [2.75, 3.05) is 20.1 Å². The first-order valence-corrected chi connectivity index (χ1v) is 8.91. The highest BCUT2D eigenvalue weighted by Crippen LogP contribution is 2.24. The molecule has 3 rings (SSSR count). The zero-order chi connectivity index (χ0) is 17.6. The molecule has 25 heavy (non-hydrogen) atoms. The lowest BCUT2D eigenvalue weighted by Gasteiger charge is -2.11. The summed E-state index contributed by atoms with van der Waals surface area (Å²) >= 11 is 12.1. The molecule has 0 N–H and O–H groups in total. The molecule has 1 fully saturated rings. The lowest BCUT2D eigenvalue weighted by molar-refractivity contribution is 0.0682. The second-order valence-electron chi connectivity index (χ2n) is 6.08. The number of likely N-dealkylation sites (tertiary alicyclic amines) is 1. The van der Waals surface area contributed by atoms with Gasteiger partial charge in [-0.2, -0.15) is 0 Å². The molecule has 0 bridgehead atoms. The Balaban J connectivity index is 1.62. The van der Waals surface area contributed by atoms with Crippen LogP contribution < -0.4 is 4.74 Å². The Kier molecular flexibility index (Phi) is 6.19. The van der Waals surface area contributed by atoms with E-state index in [2.05, 4.69) is 17.1 Å². The van der Waals surface area contributed by atoms with Crippen molar-refractivity contribution in [1.82, 2.24) is 4.90 Å². The molecule has 1 aliphatic heterocycles. The first-order chi connectivity index (χ1) is 12.1. The minimum absolute atomic E-state index is 0.155. The van der Waals surface area contributed by atoms with Crippen LogP contribution in [0.1, 0.15) is 17.5 Å². The van der Waals surface area contributed by atoms with Crippen molar-refractivity contribution in [1.29, 1.82) is 0 Å². The van der Waals surface area contributed by atoms with Gasteiger partial charge in [0, 0.05) is 40.7 Å². The van der Waals surface area contributed by atoms with Crippen LogP contribution in [-0.4, -0.2) is 37.4 Å². The fourth-order valence-electron chi connectivity index (χ4n) is 2.67.